The highest BCUT2D eigenvalue weighted by atomic mass is 31.2. The minimum Gasteiger partial charge on any atom is -0.462 e. The van der Waals surface area contributed by atoms with E-state index < -0.39 is 26.5 Å². The molecule has 0 amide bonds. The van der Waals surface area contributed by atoms with Gasteiger partial charge in [-0.05, 0) is 12.8 Å². The van der Waals surface area contributed by atoms with Gasteiger partial charge in [0.15, 0.2) is 6.10 Å². The Kier molecular flexibility index (Phi) is 38.9. The van der Waals surface area contributed by atoms with Crippen LogP contribution in [0.5, 0.6) is 0 Å². The molecular formula is C42H84NO8P. The van der Waals surface area contributed by atoms with Crippen LogP contribution in [-0.4, -0.2) is 49.3 Å². The maximum atomic E-state index is 12.5. The van der Waals surface area contributed by atoms with Crippen LogP contribution in [0.25, 0.3) is 0 Å². The van der Waals surface area contributed by atoms with Crippen molar-refractivity contribution in [3.8, 4) is 0 Å². The van der Waals surface area contributed by atoms with Gasteiger partial charge in [-0.3, -0.25) is 18.6 Å². The lowest BCUT2D eigenvalue weighted by molar-refractivity contribution is -0.161. The van der Waals surface area contributed by atoms with E-state index in [1.807, 2.05) is 0 Å². The minimum absolute atomic E-state index is 0.0577. The van der Waals surface area contributed by atoms with E-state index in [-0.39, 0.29) is 38.6 Å². The Morgan fingerprint density at radius 2 is 0.827 bits per heavy atom. The fourth-order valence-corrected chi connectivity index (χ4v) is 7.23. The third kappa shape index (κ3) is 38.7. The molecule has 0 aliphatic carbocycles. The van der Waals surface area contributed by atoms with Crippen molar-refractivity contribution in [1.29, 1.82) is 0 Å². The van der Waals surface area contributed by atoms with E-state index in [0.717, 1.165) is 32.1 Å². The Morgan fingerprint density at radius 1 is 0.500 bits per heavy atom. The van der Waals surface area contributed by atoms with Crippen LogP contribution >= 0.6 is 7.82 Å². The summed E-state index contributed by atoms with van der Waals surface area (Å²) in [5.74, 6) is -0.822. The van der Waals surface area contributed by atoms with Crippen LogP contribution in [0.2, 0.25) is 0 Å². The van der Waals surface area contributed by atoms with E-state index in [1.165, 1.54) is 161 Å². The van der Waals surface area contributed by atoms with Crippen molar-refractivity contribution in [3.05, 3.63) is 0 Å². The zero-order valence-electron chi connectivity index (χ0n) is 34.1. The summed E-state index contributed by atoms with van der Waals surface area (Å²) in [7, 11) is -4.36. The topological polar surface area (TPSA) is 134 Å². The number of rotatable bonds is 42. The van der Waals surface area contributed by atoms with Gasteiger partial charge in [0.2, 0.25) is 0 Å². The maximum absolute atomic E-state index is 12.5. The van der Waals surface area contributed by atoms with Gasteiger partial charge in [0, 0.05) is 19.4 Å². The van der Waals surface area contributed by atoms with Crippen LogP contribution in [-0.2, 0) is 32.7 Å². The van der Waals surface area contributed by atoms with Gasteiger partial charge in [-0.15, -0.1) is 0 Å². The molecule has 10 heteroatoms. The first kappa shape index (κ1) is 51.0. The first-order chi connectivity index (χ1) is 25.3. The molecule has 0 aliphatic rings. The quantitative estimate of drug-likeness (QED) is 0.0354. The van der Waals surface area contributed by atoms with Gasteiger partial charge in [0.25, 0.3) is 0 Å². The maximum Gasteiger partial charge on any atom is 0.472 e. The number of carbonyl (C=O) groups excluding carboxylic acids is 2. The second kappa shape index (κ2) is 39.7. The van der Waals surface area contributed by atoms with E-state index in [2.05, 4.69) is 13.8 Å². The molecule has 0 aromatic rings. The van der Waals surface area contributed by atoms with E-state index in [4.69, 9.17) is 24.3 Å². The lowest BCUT2D eigenvalue weighted by atomic mass is 10.0. The fourth-order valence-electron chi connectivity index (χ4n) is 6.46. The highest BCUT2D eigenvalue weighted by molar-refractivity contribution is 7.47. The predicted molar refractivity (Wildman–Crippen MR) is 215 cm³/mol. The average molecular weight is 762 g/mol. The Balaban J connectivity index is 3.89. The summed E-state index contributed by atoms with van der Waals surface area (Å²) < 4.78 is 32.6. The number of hydrogen-bond donors (Lipinski definition) is 2. The number of ether oxygens (including phenoxy) is 2. The summed E-state index contributed by atoms with van der Waals surface area (Å²) in [5, 5.41) is 0. The molecule has 0 bridgehead atoms. The third-order valence-corrected chi connectivity index (χ3v) is 10.7. The number of carbonyl (C=O) groups is 2. The summed E-state index contributed by atoms with van der Waals surface area (Å²) in [6.45, 7) is 3.72. The summed E-state index contributed by atoms with van der Waals surface area (Å²) in [6.07, 6.45) is 38.9. The van der Waals surface area contributed by atoms with Crippen molar-refractivity contribution in [2.24, 2.45) is 5.73 Å². The van der Waals surface area contributed by atoms with E-state index in [0.29, 0.717) is 6.42 Å². The molecule has 2 unspecified atom stereocenters. The van der Waals surface area contributed by atoms with Crippen LogP contribution in [0.4, 0.5) is 0 Å². The number of nitrogens with two attached hydrogens (primary N) is 1. The van der Waals surface area contributed by atoms with Gasteiger partial charge in [-0.1, -0.05) is 200 Å². The standard InChI is InChI=1S/C42H84NO8P/c1-3-5-7-9-11-12-13-14-15-16-17-18-19-20-21-22-23-24-25-26-27-29-31-33-35-42(45)51-40(39-50-52(46,47)49-37-36-43)38-48-41(44)34-32-30-28-10-8-6-4-2/h40H,3-39,43H2,1-2H3,(H,46,47). The molecule has 0 aromatic carbocycles. The van der Waals surface area contributed by atoms with Gasteiger partial charge in [-0.2, -0.15) is 0 Å². The molecule has 0 saturated heterocycles. The molecule has 52 heavy (non-hydrogen) atoms. The van der Waals surface area contributed by atoms with Crippen LogP contribution in [0, 0.1) is 0 Å². The van der Waals surface area contributed by atoms with Gasteiger partial charge in [-0.25, -0.2) is 4.57 Å². The second-order valence-electron chi connectivity index (χ2n) is 14.9. The number of unbranched alkanes of at least 4 members (excludes halogenated alkanes) is 29. The molecule has 9 nitrogen and oxygen atoms in total. The molecule has 0 fully saturated rings. The van der Waals surface area contributed by atoms with Crippen molar-refractivity contribution in [3.63, 3.8) is 0 Å². The largest absolute Gasteiger partial charge is 0.472 e. The molecule has 0 rings (SSSR count). The normalized spacial score (nSPS) is 13.2. The third-order valence-electron chi connectivity index (χ3n) is 9.74. The Morgan fingerprint density at radius 3 is 1.17 bits per heavy atom. The lowest BCUT2D eigenvalue weighted by Gasteiger charge is -2.19. The molecular weight excluding hydrogens is 677 g/mol. The van der Waals surface area contributed by atoms with Crippen molar-refractivity contribution >= 4 is 19.8 Å². The monoisotopic (exact) mass is 762 g/mol. The van der Waals surface area contributed by atoms with Gasteiger partial charge in [0.05, 0.1) is 13.2 Å². The molecule has 2 atom stereocenters. The molecule has 310 valence electrons. The van der Waals surface area contributed by atoms with Crippen molar-refractivity contribution in [2.75, 3.05) is 26.4 Å². The van der Waals surface area contributed by atoms with Gasteiger partial charge in [0.1, 0.15) is 6.61 Å². The van der Waals surface area contributed by atoms with E-state index in [9.17, 15) is 19.0 Å². The molecule has 0 saturated carbocycles. The fraction of sp³-hybridized carbons (Fsp3) is 0.952. The zero-order chi connectivity index (χ0) is 38.2. The first-order valence-electron chi connectivity index (χ1n) is 22.0. The lowest BCUT2D eigenvalue weighted by Crippen LogP contribution is -2.29. The smallest absolute Gasteiger partial charge is 0.462 e. The predicted octanol–water partition coefficient (Wildman–Crippen LogP) is 12.4. The van der Waals surface area contributed by atoms with E-state index >= 15 is 0 Å². The number of esters is 2. The molecule has 0 radical (unpaired) electrons. The van der Waals surface area contributed by atoms with Crippen LogP contribution in [0.3, 0.4) is 0 Å². The highest BCUT2D eigenvalue weighted by Crippen LogP contribution is 2.43. The van der Waals surface area contributed by atoms with Gasteiger partial charge < -0.3 is 20.1 Å². The summed E-state index contributed by atoms with van der Waals surface area (Å²) in [5.41, 5.74) is 5.33. The Hall–Kier alpha value is -0.990. The molecule has 0 aromatic heterocycles. The number of phosphoric acid groups is 1. The highest BCUT2D eigenvalue weighted by Gasteiger charge is 2.26. The summed E-state index contributed by atoms with van der Waals surface area (Å²) >= 11 is 0. The molecule has 0 heterocycles. The Labute approximate surface area is 320 Å². The summed E-state index contributed by atoms with van der Waals surface area (Å²) in [6, 6.07) is 0. The average Bonchev–Trinajstić information content (AvgIpc) is 3.13. The van der Waals surface area contributed by atoms with Crippen molar-refractivity contribution in [1.82, 2.24) is 0 Å². The van der Waals surface area contributed by atoms with Gasteiger partial charge >= 0.3 is 19.8 Å². The zero-order valence-corrected chi connectivity index (χ0v) is 35.0. The molecule has 0 aliphatic heterocycles. The minimum atomic E-state index is -4.36. The van der Waals surface area contributed by atoms with Crippen LogP contribution in [0.15, 0.2) is 0 Å². The molecule has 3 N–H and O–H groups in total. The van der Waals surface area contributed by atoms with E-state index in [1.54, 1.807) is 0 Å². The van der Waals surface area contributed by atoms with Crippen LogP contribution < -0.4 is 5.73 Å². The van der Waals surface area contributed by atoms with Crippen molar-refractivity contribution < 1.29 is 37.6 Å². The first-order valence-corrected chi connectivity index (χ1v) is 23.5. The van der Waals surface area contributed by atoms with Crippen molar-refractivity contribution in [2.45, 2.75) is 232 Å². The Bertz CT molecular complexity index is 830. The number of phosphoric ester groups is 1. The second-order valence-corrected chi connectivity index (χ2v) is 16.4. The van der Waals surface area contributed by atoms with Crippen LogP contribution in [0.1, 0.15) is 226 Å². The summed E-state index contributed by atoms with van der Waals surface area (Å²) in [4.78, 5) is 34.6. The number of hydrogen-bond acceptors (Lipinski definition) is 8. The SMILES string of the molecule is CCCCCCCCCCCCCCCCCCCCCCCCCCC(=O)OC(COC(=O)CCCCCCCCC)COP(=O)(O)OCCN. The molecule has 0 spiro atoms.